The molecule has 0 atom stereocenters. The van der Waals surface area contributed by atoms with Crippen molar-refractivity contribution >= 4 is 17.6 Å². The molecule has 0 unspecified atom stereocenters. The third-order valence-corrected chi connectivity index (χ3v) is 5.66. The summed E-state index contributed by atoms with van der Waals surface area (Å²) < 4.78 is 7.31. The molecular formula is C23H24N6O2. The number of anilines is 1. The molecule has 31 heavy (non-hydrogen) atoms. The van der Waals surface area contributed by atoms with Crippen LogP contribution >= 0.6 is 0 Å². The lowest BCUT2D eigenvalue weighted by Gasteiger charge is -2.34. The topological polar surface area (TPSA) is 79.8 Å². The number of amides is 1. The van der Waals surface area contributed by atoms with Gasteiger partial charge in [0.15, 0.2) is 0 Å². The van der Waals surface area contributed by atoms with Crippen molar-refractivity contribution in [1.82, 2.24) is 24.5 Å². The van der Waals surface area contributed by atoms with E-state index in [0.717, 1.165) is 17.0 Å². The van der Waals surface area contributed by atoms with Gasteiger partial charge in [-0.3, -0.25) is 4.79 Å². The van der Waals surface area contributed by atoms with E-state index in [1.165, 1.54) is 5.56 Å². The van der Waals surface area contributed by atoms with Gasteiger partial charge in [-0.1, -0.05) is 23.8 Å². The highest BCUT2D eigenvalue weighted by molar-refractivity contribution is 5.95. The van der Waals surface area contributed by atoms with Crippen molar-refractivity contribution < 1.29 is 9.21 Å². The molecule has 1 amide bonds. The number of aryl methyl sites for hydroxylation is 3. The molecule has 4 heterocycles. The summed E-state index contributed by atoms with van der Waals surface area (Å²) in [5.41, 5.74) is 3.85. The fraction of sp³-hybridized carbons (Fsp3) is 0.304. The molecule has 158 valence electrons. The smallest absolute Gasteiger partial charge is 0.257 e. The zero-order chi connectivity index (χ0) is 21.5. The lowest BCUT2D eigenvalue weighted by molar-refractivity contribution is 0.0744. The standard InChI is InChI=1S/C23H24N6O2/c1-15-5-4-6-18(13-15)20-7-8-24-22-25-23(26-29(20)22)28-11-9-27(10-12-28)21(30)19-14-16(2)31-17(19)3/h4-8,13-14H,9-12H2,1-3H3. The fourth-order valence-electron chi connectivity index (χ4n) is 4.06. The molecule has 8 nitrogen and oxygen atoms in total. The van der Waals surface area contributed by atoms with Crippen LogP contribution in [0.3, 0.4) is 0 Å². The second kappa shape index (κ2) is 7.54. The second-order valence-corrected chi connectivity index (χ2v) is 7.93. The van der Waals surface area contributed by atoms with Crippen LogP contribution in [-0.2, 0) is 0 Å². The molecular weight excluding hydrogens is 392 g/mol. The van der Waals surface area contributed by atoms with Crippen LogP contribution in [0, 0.1) is 20.8 Å². The third-order valence-electron chi connectivity index (χ3n) is 5.66. The van der Waals surface area contributed by atoms with Crippen molar-refractivity contribution in [3.8, 4) is 11.3 Å². The first-order valence-corrected chi connectivity index (χ1v) is 10.4. The van der Waals surface area contributed by atoms with Gasteiger partial charge in [-0.25, -0.2) is 4.98 Å². The minimum Gasteiger partial charge on any atom is -0.466 e. The van der Waals surface area contributed by atoms with E-state index in [0.29, 0.717) is 49.2 Å². The molecule has 0 saturated carbocycles. The normalized spacial score (nSPS) is 14.4. The van der Waals surface area contributed by atoms with E-state index < -0.39 is 0 Å². The molecule has 1 aromatic carbocycles. The van der Waals surface area contributed by atoms with Gasteiger partial charge in [0.2, 0.25) is 5.95 Å². The monoisotopic (exact) mass is 416 g/mol. The summed E-state index contributed by atoms with van der Waals surface area (Å²) in [5, 5.41) is 4.74. The summed E-state index contributed by atoms with van der Waals surface area (Å²) in [6.07, 6.45) is 1.76. The molecule has 0 bridgehead atoms. The van der Waals surface area contributed by atoms with E-state index in [9.17, 15) is 4.79 Å². The van der Waals surface area contributed by atoms with Crippen LogP contribution in [-0.4, -0.2) is 56.6 Å². The van der Waals surface area contributed by atoms with Gasteiger partial charge in [0.05, 0.1) is 11.3 Å². The lowest BCUT2D eigenvalue weighted by Crippen LogP contribution is -2.49. The quantitative estimate of drug-likeness (QED) is 0.510. The largest absolute Gasteiger partial charge is 0.466 e. The van der Waals surface area contributed by atoms with E-state index in [2.05, 4.69) is 40.0 Å². The number of fused-ring (bicyclic) bond motifs is 1. The molecule has 8 heteroatoms. The summed E-state index contributed by atoms with van der Waals surface area (Å²) in [4.78, 5) is 25.8. The van der Waals surface area contributed by atoms with Gasteiger partial charge in [-0.2, -0.15) is 9.50 Å². The predicted octanol–water partition coefficient (Wildman–Crippen LogP) is 3.27. The number of nitrogens with zero attached hydrogens (tertiary/aromatic N) is 6. The average molecular weight is 416 g/mol. The SMILES string of the molecule is Cc1cccc(-c2ccnc3nc(N4CCN(C(=O)c5cc(C)oc5C)CC4)nn23)c1. The maximum Gasteiger partial charge on any atom is 0.257 e. The average Bonchev–Trinajstić information content (AvgIpc) is 3.35. The predicted molar refractivity (Wildman–Crippen MR) is 117 cm³/mol. The van der Waals surface area contributed by atoms with Crippen molar-refractivity contribution in [3.05, 3.63) is 65.2 Å². The minimum absolute atomic E-state index is 0.0142. The zero-order valence-corrected chi connectivity index (χ0v) is 17.9. The molecule has 0 N–H and O–H groups in total. The third kappa shape index (κ3) is 3.54. The van der Waals surface area contributed by atoms with E-state index >= 15 is 0 Å². The second-order valence-electron chi connectivity index (χ2n) is 7.93. The van der Waals surface area contributed by atoms with Gasteiger partial charge >= 0.3 is 0 Å². The van der Waals surface area contributed by atoms with E-state index in [1.54, 1.807) is 10.7 Å². The highest BCUT2D eigenvalue weighted by Crippen LogP contribution is 2.23. The van der Waals surface area contributed by atoms with Gasteiger partial charge in [0.25, 0.3) is 11.7 Å². The van der Waals surface area contributed by atoms with Crippen LogP contribution in [0.25, 0.3) is 17.0 Å². The molecule has 0 aliphatic carbocycles. The van der Waals surface area contributed by atoms with Gasteiger partial charge in [0.1, 0.15) is 11.5 Å². The maximum atomic E-state index is 12.8. The van der Waals surface area contributed by atoms with Crippen LogP contribution < -0.4 is 4.90 Å². The summed E-state index contributed by atoms with van der Waals surface area (Å²) in [5.74, 6) is 2.64. The van der Waals surface area contributed by atoms with Crippen molar-refractivity contribution in [1.29, 1.82) is 0 Å². The number of hydrogen-bond donors (Lipinski definition) is 0. The molecule has 1 aliphatic heterocycles. The molecule has 0 spiro atoms. The molecule has 4 aromatic rings. The van der Waals surface area contributed by atoms with Crippen molar-refractivity contribution in [2.45, 2.75) is 20.8 Å². The molecule has 0 radical (unpaired) electrons. The molecule has 1 fully saturated rings. The van der Waals surface area contributed by atoms with Crippen LogP contribution in [0.4, 0.5) is 5.95 Å². The van der Waals surface area contributed by atoms with Crippen molar-refractivity contribution in [2.75, 3.05) is 31.1 Å². The van der Waals surface area contributed by atoms with Crippen molar-refractivity contribution in [3.63, 3.8) is 0 Å². The Bertz CT molecular complexity index is 1270. The Hall–Kier alpha value is -3.68. The first kappa shape index (κ1) is 19.3. The summed E-state index contributed by atoms with van der Waals surface area (Å²) in [6, 6.07) is 12.1. The number of furan rings is 1. The Morgan fingerprint density at radius 2 is 1.84 bits per heavy atom. The number of rotatable bonds is 3. The van der Waals surface area contributed by atoms with Gasteiger partial charge in [-0.15, -0.1) is 5.10 Å². The van der Waals surface area contributed by atoms with Crippen LogP contribution in [0.15, 0.2) is 47.0 Å². The fourth-order valence-corrected chi connectivity index (χ4v) is 4.06. The summed E-state index contributed by atoms with van der Waals surface area (Å²) in [6.45, 7) is 8.30. The van der Waals surface area contributed by atoms with Crippen LogP contribution in [0.2, 0.25) is 0 Å². The number of carbonyl (C=O) groups is 1. The molecule has 1 aliphatic rings. The number of aromatic nitrogens is 4. The van der Waals surface area contributed by atoms with Crippen LogP contribution in [0.5, 0.6) is 0 Å². The van der Waals surface area contributed by atoms with E-state index in [1.807, 2.05) is 36.9 Å². The Labute approximate surface area is 180 Å². The highest BCUT2D eigenvalue weighted by Gasteiger charge is 2.26. The first-order valence-electron chi connectivity index (χ1n) is 10.4. The van der Waals surface area contributed by atoms with Crippen molar-refractivity contribution in [2.24, 2.45) is 0 Å². The Morgan fingerprint density at radius 3 is 2.55 bits per heavy atom. The van der Waals surface area contributed by atoms with Gasteiger partial charge < -0.3 is 14.2 Å². The van der Waals surface area contributed by atoms with Crippen LogP contribution in [0.1, 0.15) is 27.4 Å². The number of piperazine rings is 1. The highest BCUT2D eigenvalue weighted by atomic mass is 16.3. The Kier molecular flexibility index (Phi) is 4.69. The zero-order valence-electron chi connectivity index (χ0n) is 17.9. The van der Waals surface area contributed by atoms with E-state index in [-0.39, 0.29) is 5.91 Å². The Morgan fingerprint density at radius 1 is 1.03 bits per heavy atom. The molecule has 3 aromatic heterocycles. The van der Waals surface area contributed by atoms with Gasteiger partial charge in [0, 0.05) is 37.9 Å². The first-order chi connectivity index (χ1) is 15.0. The molecule has 5 rings (SSSR count). The summed E-state index contributed by atoms with van der Waals surface area (Å²) in [7, 11) is 0. The number of hydrogen-bond acceptors (Lipinski definition) is 6. The Balaban J connectivity index is 1.36. The lowest BCUT2D eigenvalue weighted by atomic mass is 10.1. The summed E-state index contributed by atoms with van der Waals surface area (Å²) >= 11 is 0. The molecule has 1 saturated heterocycles. The maximum absolute atomic E-state index is 12.8. The number of benzene rings is 1. The van der Waals surface area contributed by atoms with Gasteiger partial charge in [-0.05, 0) is 39.0 Å². The minimum atomic E-state index is 0.0142. The van der Waals surface area contributed by atoms with E-state index in [4.69, 9.17) is 9.52 Å². The number of carbonyl (C=O) groups excluding carboxylic acids is 1.